The van der Waals surface area contributed by atoms with Gasteiger partial charge in [0.1, 0.15) is 11.9 Å². The zero-order chi connectivity index (χ0) is 16.6. The van der Waals surface area contributed by atoms with Gasteiger partial charge in [-0.1, -0.05) is 23.7 Å². The Bertz CT molecular complexity index is 794. The SMILES string of the molecule is Cc1ccc(N2C(=O)C[C@H](Nc3cccc(F)c3)C2=O)cc1Cl. The molecular formula is C17H14ClFN2O2. The maximum absolute atomic E-state index is 13.2. The molecule has 1 saturated heterocycles. The number of anilines is 2. The highest BCUT2D eigenvalue weighted by molar-refractivity contribution is 6.32. The molecule has 6 heteroatoms. The van der Waals surface area contributed by atoms with Crippen molar-refractivity contribution in [3.8, 4) is 0 Å². The van der Waals surface area contributed by atoms with Gasteiger partial charge in [-0.2, -0.15) is 0 Å². The summed E-state index contributed by atoms with van der Waals surface area (Å²) < 4.78 is 13.2. The van der Waals surface area contributed by atoms with Crippen molar-refractivity contribution in [3.05, 3.63) is 58.9 Å². The van der Waals surface area contributed by atoms with Crippen LogP contribution in [-0.2, 0) is 9.59 Å². The average molecular weight is 333 g/mol. The first-order chi connectivity index (χ1) is 11.0. The Labute approximate surface area is 137 Å². The predicted octanol–water partition coefficient (Wildman–Crippen LogP) is 3.53. The average Bonchev–Trinajstić information content (AvgIpc) is 2.77. The van der Waals surface area contributed by atoms with Gasteiger partial charge in [-0.05, 0) is 42.8 Å². The Kier molecular flexibility index (Phi) is 4.05. The minimum Gasteiger partial charge on any atom is -0.373 e. The summed E-state index contributed by atoms with van der Waals surface area (Å²) in [7, 11) is 0. The maximum Gasteiger partial charge on any atom is 0.256 e. The van der Waals surface area contributed by atoms with Gasteiger partial charge >= 0.3 is 0 Å². The van der Waals surface area contributed by atoms with E-state index in [-0.39, 0.29) is 18.2 Å². The number of halogens is 2. The third-order valence-electron chi connectivity index (χ3n) is 3.73. The van der Waals surface area contributed by atoms with Crippen molar-refractivity contribution in [2.45, 2.75) is 19.4 Å². The topological polar surface area (TPSA) is 49.4 Å². The Hall–Kier alpha value is -2.40. The molecule has 2 aromatic rings. The minimum atomic E-state index is -0.718. The predicted molar refractivity (Wildman–Crippen MR) is 87.1 cm³/mol. The minimum absolute atomic E-state index is 0.0147. The van der Waals surface area contributed by atoms with Crippen molar-refractivity contribution < 1.29 is 14.0 Å². The van der Waals surface area contributed by atoms with Crippen LogP contribution in [0.4, 0.5) is 15.8 Å². The van der Waals surface area contributed by atoms with Crippen LogP contribution in [0.1, 0.15) is 12.0 Å². The summed E-state index contributed by atoms with van der Waals surface area (Å²) in [6.45, 7) is 1.84. The van der Waals surface area contributed by atoms with Crippen molar-refractivity contribution in [2.24, 2.45) is 0 Å². The van der Waals surface area contributed by atoms with Gasteiger partial charge in [-0.3, -0.25) is 9.59 Å². The molecule has 1 heterocycles. The highest BCUT2D eigenvalue weighted by Crippen LogP contribution is 2.28. The molecule has 1 aliphatic heterocycles. The van der Waals surface area contributed by atoms with E-state index < -0.39 is 11.9 Å². The van der Waals surface area contributed by atoms with Crippen molar-refractivity contribution in [2.75, 3.05) is 10.2 Å². The van der Waals surface area contributed by atoms with Crippen molar-refractivity contribution in [3.63, 3.8) is 0 Å². The number of hydrogen-bond donors (Lipinski definition) is 1. The van der Waals surface area contributed by atoms with Gasteiger partial charge < -0.3 is 5.32 Å². The van der Waals surface area contributed by atoms with E-state index in [1.54, 1.807) is 24.3 Å². The number of rotatable bonds is 3. The summed E-state index contributed by atoms with van der Waals surface area (Å²) in [5.74, 6) is -1.10. The Balaban J connectivity index is 1.83. The fraction of sp³-hybridized carbons (Fsp3) is 0.176. The van der Waals surface area contributed by atoms with Gasteiger partial charge in [0.2, 0.25) is 5.91 Å². The first-order valence-electron chi connectivity index (χ1n) is 7.11. The molecular weight excluding hydrogens is 319 g/mol. The molecule has 1 N–H and O–H groups in total. The second-order valence-electron chi connectivity index (χ2n) is 5.41. The lowest BCUT2D eigenvalue weighted by Crippen LogP contribution is -2.34. The van der Waals surface area contributed by atoms with Crippen LogP contribution in [0, 0.1) is 12.7 Å². The number of benzene rings is 2. The van der Waals surface area contributed by atoms with Crippen LogP contribution in [0.2, 0.25) is 5.02 Å². The standard InChI is InChI=1S/C17H14ClFN2O2/c1-10-5-6-13(8-14(10)18)21-16(22)9-15(17(21)23)20-12-4-2-3-11(19)7-12/h2-8,15,20H,9H2,1H3/t15-/m0/s1. The van der Waals surface area contributed by atoms with Crippen LogP contribution in [0.15, 0.2) is 42.5 Å². The maximum atomic E-state index is 13.2. The van der Waals surface area contributed by atoms with E-state index in [9.17, 15) is 14.0 Å². The molecule has 1 atom stereocenters. The molecule has 1 aliphatic rings. The largest absolute Gasteiger partial charge is 0.373 e. The van der Waals surface area contributed by atoms with Crippen molar-refractivity contribution in [1.82, 2.24) is 0 Å². The highest BCUT2D eigenvalue weighted by Gasteiger charge is 2.39. The Morgan fingerprint density at radius 2 is 2.00 bits per heavy atom. The second-order valence-corrected chi connectivity index (χ2v) is 5.82. The second kappa shape index (κ2) is 6.01. The van der Waals surface area contributed by atoms with E-state index in [0.717, 1.165) is 10.5 Å². The lowest BCUT2D eigenvalue weighted by molar-refractivity contribution is -0.121. The monoisotopic (exact) mass is 332 g/mol. The third-order valence-corrected chi connectivity index (χ3v) is 4.13. The quantitative estimate of drug-likeness (QED) is 0.875. The number of amides is 2. The van der Waals surface area contributed by atoms with Crippen molar-refractivity contribution in [1.29, 1.82) is 0 Å². The van der Waals surface area contributed by atoms with E-state index in [0.29, 0.717) is 16.4 Å². The number of nitrogens with zero attached hydrogens (tertiary/aromatic N) is 1. The lowest BCUT2D eigenvalue weighted by atomic mass is 10.2. The molecule has 0 spiro atoms. The van der Waals surface area contributed by atoms with Crippen LogP contribution in [0.5, 0.6) is 0 Å². The summed E-state index contributed by atoms with van der Waals surface area (Å²) >= 11 is 6.06. The molecule has 0 saturated carbocycles. The molecule has 23 heavy (non-hydrogen) atoms. The number of nitrogens with one attached hydrogen (secondary N) is 1. The summed E-state index contributed by atoms with van der Waals surface area (Å²) in [5.41, 5.74) is 1.77. The van der Waals surface area contributed by atoms with E-state index in [1.165, 1.54) is 18.2 Å². The fourth-order valence-corrected chi connectivity index (χ4v) is 2.69. The lowest BCUT2D eigenvalue weighted by Gasteiger charge is -2.17. The summed E-state index contributed by atoms with van der Waals surface area (Å²) in [6, 6.07) is 10.1. The first kappa shape index (κ1) is 15.5. The summed E-state index contributed by atoms with van der Waals surface area (Å²) in [4.78, 5) is 25.8. The molecule has 0 aromatic heterocycles. The number of carbonyl (C=O) groups excluding carboxylic acids is 2. The van der Waals surface area contributed by atoms with Gasteiger partial charge in [-0.25, -0.2) is 9.29 Å². The highest BCUT2D eigenvalue weighted by atomic mass is 35.5. The van der Waals surface area contributed by atoms with E-state index in [2.05, 4.69) is 5.32 Å². The molecule has 1 fully saturated rings. The number of aryl methyl sites for hydroxylation is 1. The molecule has 0 radical (unpaired) electrons. The van der Waals surface area contributed by atoms with Crippen LogP contribution in [0.25, 0.3) is 0 Å². The first-order valence-corrected chi connectivity index (χ1v) is 7.48. The van der Waals surface area contributed by atoms with Crippen LogP contribution < -0.4 is 10.2 Å². The van der Waals surface area contributed by atoms with Crippen molar-refractivity contribution >= 4 is 34.8 Å². The van der Waals surface area contributed by atoms with Crippen LogP contribution in [0.3, 0.4) is 0 Å². The molecule has 3 rings (SSSR count). The van der Waals surface area contributed by atoms with Crippen LogP contribution >= 0.6 is 11.6 Å². The molecule has 0 bridgehead atoms. The van der Waals surface area contributed by atoms with Crippen LogP contribution in [-0.4, -0.2) is 17.9 Å². The summed E-state index contributed by atoms with van der Waals surface area (Å²) in [6.07, 6.45) is 0.0147. The van der Waals surface area contributed by atoms with Gasteiger partial charge in [0.15, 0.2) is 0 Å². The molecule has 118 valence electrons. The Morgan fingerprint density at radius 1 is 1.22 bits per heavy atom. The third kappa shape index (κ3) is 3.05. The fourth-order valence-electron chi connectivity index (χ4n) is 2.52. The van der Waals surface area contributed by atoms with Gasteiger partial charge in [0.25, 0.3) is 5.91 Å². The van der Waals surface area contributed by atoms with Gasteiger partial charge in [0, 0.05) is 10.7 Å². The number of imide groups is 1. The molecule has 0 aliphatic carbocycles. The smallest absolute Gasteiger partial charge is 0.256 e. The van der Waals surface area contributed by atoms with E-state index >= 15 is 0 Å². The van der Waals surface area contributed by atoms with Gasteiger partial charge in [0.05, 0.1) is 12.1 Å². The number of carbonyl (C=O) groups is 2. The van der Waals surface area contributed by atoms with E-state index in [4.69, 9.17) is 11.6 Å². The van der Waals surface area contributed by atoms with Gasteiger partial charge in [-0.15, -0.1) is 0 Å². The normalized spacial score (nSPS) is 17.7. The molecule has 0 unspecified atom stereocenters. The molecule has 2 aromatic carbocycles. The zero-order valence-electron chi connectivity index (χ0n) is 12.3. The molecule has 4 nitrogen and oxygen atoms in total. The van der Waals surface area contributed by atoms with E-state index in [1.807, 2.05) is 6.92 Å². The number of hydrogen-bond acceptors (Lipinski definition) is 3. The summed E-state index contributed by atoms with van der Waals surface area (Å²) in [5, 5.41) is 3.39. The zero-order valence-corrected chi connectivity index (χ0v) is 13.1. The molecule has 2 amide bonds. The Morgan fingerprint density at radius 3 is 2.70 bits per heavy atom.